The predicted octanol–water partition coefficient (Wildman–Crippen LogP) is 5.11. The third kappa shape index (κ3) is 6.87. The van der Waals surface area contributed by atoms with Crippen molar-refractivity contribution in [2.24, 2.45) is 0 Å². The summed E-state index contributed by atoms with van der Waals surface area (Å²) in [6.45, 7) is 6.16. The number of rotatable bonds is 11. The number of carbonyl (C=O) groups excluding carboxylic acids is 1. The summed E-state index contributed by atoms with van der Waals surface area (Å²) in [4.78, 5) is 13.0. The smallest absolute Gasteiger partial charge is 0.264 e. The van der Waals surface area contributed by atoms with Crippen LogP contribution in [0.5, 0.6) is 0 Å². The van der Waals surface area contributed by atoms with E-state index >= 15 is 0 Å². The maximum atomic E-state index is 13.6. The normalized spacial score (nSPS) is 11.3. The van der Waals surface area contributed by atoms with Gasteiger partial charge < -0.3 is 5.32 Å². The molecule has 0 unspecified atom stereocenters. The van der Waals surface area contributed by atoms with Gasteiger partial charge in [0.05, 0.1) is 10.6 Å². The van der Waals surface area contributed by atoms with Crippen molar-refractivity contribution in [2.45, 2.75) is 37.8 Å². The summed E-state index contributed by atoms with van der Waals surface area (Å²) in [6.07, 6.45) is 0.660. The Morgan fingerprint density at radius 2 is 1.68 bits per heavy atom. The summed E-state index contributed by atoms with van der Waals surface area (Å²) >= 11 is 1.74. The Kier molecular flexibility index (Phi) is 9.19. The van der Waals surface area contributed by atoms with Crippen LogP contribution in [0.2, 0.25) is 0 Å². The number of benzene rings is 3. The third-order valence-corrected chi connectivity index (χ3v) is 8.26. The van der Waals surface area contributed by atoms with Gasteiger partial charge in [-0.1, -0.05) is 72.6 Å². The fourth-order valence-electron chi connectivity index (χ4n) is 3.63. The number of hydrogen-bond acceptors (Lipinski definition) is 4. The zero-order valence-corrected chi connectivity index (χ0v) is 21.6. The van der Waals surface area contributed by atoms with Crippen molar-refractivity contribution in [1.82, 2.24) is 5.32 Å². The fourth-order valence-corrected chi connectivity index (χ4v) is 5.90. The van der Waals surface area contributed by atoms with E-state index in [9.17, 15) is 13.2 Å². The maximum Gasteiger partial charge on any atom is 0.264 e. The van der Waals surface area contributed by atoms with Crippen molar-refractivity contribution in [1.29, 1.82) is 0 Å². The average Bonchev–Trinajstić information content (AvgIpc) is 2.82. The molecule has 0 aliphatic carbocycles. The second-order valence-corrected chi connectivity index (χ2v) is 11.2. The quantitative estimate of drug-likeness (QED) is 0.375. The van der Waals surface area contributed by atoms with Crippen LogP contribution in [0, 0.1) is 13.8 Å². The van der Waals surface area contributed by atoms with Crippen LogP contribution in [0.25, 0.3) is 0 Å². The molecule has 180 valence electrons. The molecule has 0 radical (unpaired) electrons. The summed E-state index contributed by atoms with van der Waals surface area (Å²) in [5.74, 6) is 1.29. The first kappa shape index (κ1) is 25.8. The van der Waals surface area contributed by atoms with Gasteiger partial charge in [-0.25, -0.2) is 8.42 Å². The van der Waals surface area contributed by atoms with Crippen LogP contribution >= 0.6 is 11.8 Å². The Labute approximate surface area is 207 Å². The summed E-state index contributed by atoms with van der Waals surface area (Å²) in [6, 6.07) is 22.4. The van der Waals surface area contributed by atoms with E-state index < -0.39 is 10.0 Å². The number of sulfonamides is 1. The minimum atomic E-state index is -3.91. The van der Waals surface area contributed by atoms with Crippen LogP contribution in [0.4, 0.5) is 5.69 Å². The molecule has 0 bridgehead atoms. The molecule has 0 saturated heterocycles. The molecule has 3 aromatic rings. The molecule has 7 heteroatoms. The number of hydrogen-bond donors (Lipinski definition) is 1. The summed E-state index contributed by atoms with van der Waals surface area (Å²) < 4.78 is 28.3. The SMILES string of the molecule is CCc1ccccc1N(CC(=O)NCCSCc1cccc(C)c1)S(=O)(=O)c1ccc(C)cc1. The van der Waals surface area contributed by atoms with E-state index in [4.69, 9.17) is 0 Å². The first-order chi connectivity index (χ1) is 16.3. The van der Waals surface area contributed by atoms with Crippen LogP contribution in [-0.4, -0.2) is 33.2 Å². The van der Waals surface area contributed by atoms with Gasteiger partial charge in [0.25, 0.3) is 10.0 Å². The zero-order valence-electron chi connectivity index (χ0n) is 20.0. The highest BCUT2D eigenvalue weighted by molar-refractivity contribution is 7.98. The highest BCUT2D eigenvalue weighted by atomic mass is 32.2. The topological polar surface area (TPSA) is 66.5 Å². The Balaban J connectivity index is 1.69. The van der Waals surface area contributed by atoms with Gasteiger partial charge in [-0.2, -0.15) is 11.8 Å². The molecule has 0 aliphatic heterocycles. The monoisotopic (exact) mass is 496 g/mol. The van der Waals surface area contributed by atoms with Gasteiger partial charge in [-0.3, -0.25) is 9.10 Å². The minimum Gasteiger partial charge on any atom is -0.354 e. The van der Waals surface area contributed by atoms with E-state index in [1.54, 1.807) is 48.2 Å². The predicted molar refractivity (Wildman–Crippen MR) is 142 cm³/mol. The van der Waals surface area contributed by atoms with Gasteiger partial charge in [0.2, 0.25) is 5.91 Å². The number of nitrogens with one attached hydrogen (secondary N) is 1. The van der Waals surface area contributed by atoms with E-state index in [1.165, 1.54) is 15.4 Å². The molecule has 34 heavy (non-hydrogen) atoms. The Morgan fingerprint density at radius 3 is 2.38 bits per heavy atom. The maximum absolute atomic E-state index is 13.6. The van der Waals surface area contributed by atoms with Gasteiger partial charge in [0.1, 0.15) is 6.54 Å². The molecule has 0 spiro atoms. The lowest BCUT2D eigenvalue weighted by atomic mass is 10.1. The number of aryl methyl sites for hydroxylation is 3. The number of anilines is 1. The van der Waals surface area contributed by atoms with Crippen LogP contribution in [0.15, 0.2) is 77.7 Å². The second-order valence-electron chi connectivity index (χ2n) is 8.20. The standard InChI is InChI=1S/C27H32N2O3S2/c1-4-24-10-5-6-11-26(24)29(34(31,32)25-14-12-21(2)13-15-25)19-27(30)28-16-17-33-20-23-9-7-8-22(3)18-23/h5-15,18H,4,16-17,19-20H2,1-3H3,(H,28,30). The molecule has 3 aromatic carbocycles. The molecule has 0 atom stereocenters. The molecule has 0 aliphatic rings. The van der Waals surface area contributed by atoms with E-state index in [0.29, 0.717) is 18.7 Å². The van der Waals surface area contributed by atoms with Gasteiger partial charge in [0.15, 0.2) is 0 Å². The zero-order chi connectivity index (χ0) is 24.6. The van der Waals surface area contributed by atoms with Crippen molar-refractivity contribution in [3.05, 3.63) is 95.1 Å². The highest BCUT2D eigenvalue weighted by Crippen LogP contribution is 2.27. The van der Waals surface area contributed by atoms with E-state index in [2.05, 4.69) is 30.4 Å². The highest BCUT2D eigenvalue weighted by Gasteiger charge is 2.28. The lowest BCUT2D eigenvalue weighted by Crippen LogP contribution is -2.41. The van der Waals surface area contributed by atoms with Crippen LogP contribution in [-0.2, 0) is 27.0 Å². The summed E-state index contributed by atoms with van der Waals surface area (Å²) in [7, 11) is -3.91. The fraction of sp³-hybridized carbons (Fsp3) is 0.296. The van der Waals surface area contributed by atoms with E-state index in [0.717, 1.165) is 22.6 Å². The molecule has 3 rings (SSSR count). The number of carbonyl (C=O) groups is 1. The largest absolute Gasteiger partial charge is 0.354 e. The number of amides is 1. The molecule has 1 amide bonds. The first-order valence-electron chi connectivity index (χ1n) is 11.4. The summed E-state index contributed by atoms with van der Waals surface area (Å²) in [5, 5.41) is 2.88. The molecule has 0 aromatic heterocycles. The number of para-hydroxylation sites is 1. The molecular formula is C27H32N2O3S2. The number of nitrogens with zero attached hydrogens (tertiary/aromatic N) is 1. The molecular weight excluding hydrogens is 464 g/mol. The lowest BCUT2D eigenvalue weighted by Gasteiger charge is -2.26. The minimum absolute atomic E-state index is 0.172. The lowest BCUT2D eigenvalue weighted by molar-refractivity contribution is -0.119. The molecule has 0 saturated carbocycles. The van der Waals surface area contributed by atoms with E-state index in [-0.39, 0.29) is 17.3 Å². The number of thioether (sulfide) groups is 1. The Morgan fingerprint density at radius 1 is 0.941 bits per heavy atom. The van der Waals surface area contributed by atoms with Crippen LogP contribution in [0.3, 0.4) is 0 Å². The van der Waals surface area contributed by atoms with Crippen LogP contribution < -0.4 is 9.62 Å². The van der Waals surface area contributed by atoms with Crippen molar-refractivity contribution in [3.8, 4) is 0 Å². The molecule has 5 nitrogen and oxygen atoms in total. The molecule has 0 heterocycles. The van der Waals surface area contributed by atoms with Crippen molar-refractivity contribution < 1.29 is 13.2 Å². The van der Waals surface area contributed by atoms with Gasteiger partial charge in [0, 0.05) is 18.1 Å². The van der Waals surface area contributed by atoms with Gasteiger partial charge >= 0.3 is 0 Å². The van der Waals surface area contributed by atoms with Crippen molar-refractivity contribution in [2.75, 3.05) is 23.1 Å². The van der Waals surface area contributed by atoms with Crippen molar-refractivity contribution in [3.63, 3.8) is 0 Å². The second kappa shape index (κ2) is 12.1. The van der Waals surface area contributed by atoms with E-state index in [1.807, 2.05) is 32.0 Å². The Bertz CT molecular complexity index is 1210. The first-order valence-corrected chi connectivity index (χ1v) is 14.0. The van der Waals surface area contributed by atoms with Gasteiger partial charge in [-0.05, 0) is 49.6 Å². The average molecular weight is 497 g/mol. The summed E-state index contributed by atoms with van der Waals surface area (Å²) in [5.41, 5.74) is 4.87. The Hall–Kier alpha value is -2.77. The third-order valence-electron chi connectivity index (χ3n) is 5.46. The van der Waals surface area contributed by atoms with Crippen molar-refractivity contribution >= 4 is 33.4 Å². The molecule has 1 N–H and O–H groups in total. The van der Waals surface area contributed by atoms with Crippen LogP contribution in [0.1, 0.15) is 29.2 Å². The molecule has 0 fully saturated rings. The van der Waals surface area contributed by atoms with Gasteiger partial charge in [-0.15, -0.1) is 0 Å².